The van der Waals surface area contributed by atoms with Crippen molar-refractivity contribution >= 4 is 15.7 Å². The molecule has 0 atom stereocenters. The fourth-order valence-electron chi connectivity index (χ4n) is 4.22. The minimum absolute atomic E-state index is 0.0176. The van der Waals surface area contributed by atoms with Gasteiger partial charge in [0.15, 0.2) is 0 Å². The molecular formula is C26H24F2N4O3S. The maximum Gasteiger partial charge on any atom is 0.314 e. The molecule has 0 aliphatic carbocycles. The third-order valence-corrected chi connectivity index (χ3v) is 7.82. The summed E-state index contributed by atoms with van der Waals surface area (Å²) in [6.07, 6.45) is -2.84. The van der Waals surface area contributed by atoms with E-state index in [1.54, 1.807) is 48.5 Å². The predicted molar refractivity (Wildman–Crippen MR) is 132 cm³/mol. The topological polar surface area (TPSA) is 79.5 Å². The Labute approximate surface area is 208 Å². The van der Waals surface area contributed by atoms with Crippen LogP contribution in [0, 0.1) is 0 Å². The van der Waals surface area contributed by atoms with Crippen LogP contribution in [0.5, 0.6) is 0 Å². The lowest BCUT2D eigenvalue weighted by Gasteiger charge is -2.26. The normalized spacial score (nSPS) is 13.8. The summed E-state index contributed by atoms with van der Waals surface area (Å²) in [4.78, 5) is 2.14. The third-order valence-electron chi connectivity index (χ3n) is 6.11. The zero-order valence-corrected chi connectivity index (χ0v) is 20.1. The van der Waals surface area contributed by atoms with Gasteiger partial charge in [0.2, 0.25) is 15.9 Å². The molecule has 0 fully saturated rings. The number of benzene rings is 3. The Morgan fingerprint density at radius 2 is 1.53 bits per heavy atom. The van der Waals surface area contributed by atoms with Crippen molar-refractivity contribution in [1.29, 1.82) is 0 Å². The molecule has 0 unspecified atom stereocenters. The summed E-state index contributed by atoms with van der Waals surface area (Å²) in [7, 11) is -3.65. The van der Waals surface area contributed by atoms with Gasteiger partial charge in [0.05, 0.1) is 18.0 Å². The molecule has 3 aromatic carbocycles. The van der Waals surface area contributed by atoms with Crippen molar-refractivity contribution in [1.82, 2.24) is 15.1 Å². The molecule has 1 aliphatic heterocycles. The molecule has 0 spiro atoms. The van der Waals surface area contributed by atoms with Crippen molar-refractivity contribution < 1.29 is 21.6 Å². The smallest absolute Gasteiger partial charge is 0.314 e. The first-order chi connectivity index (χ1) is 17.4. The van der Waals surface area contributed by atoms with Gasteiger partial charge in [-0.05, 0) is 41.0 Å². The van der Waals surface area contributed by atoms with E-state index < -0.39 is 22.3 Å². The van der Waals surface area contributed by atoms with Gasteiger partial charge in [0.1, 0.15) is 0 Å². The van der Waals surface area contributed by atoms with Crippen LogP contribution in [0.4, 0.5) is 14.5 Å². The first-order valence-corrected chi connectivity index (χ1v) is 13.1. The first-order valence-electron chi connectivity index (χ1n) is 11.4. The van der Waals surface area contributed by atoms with Crippen molar-refractivity contribution in [3.63, 3.8) is 0 Å². The summed E-state index contributed by atoms with van der Waals surface area (Å²) in [6, 6.07) is 23.9. The van der Waals surface area contributed by atoms with E-state index in [1.807, 2.05) is 18.2 Å². The standard InChI is InChI=1S/C26H24F2N4O3S/c27-24(28)26-30-29-25(35-26)20-12-10-19(11-13-20)16-32(23-8-2-1-3-9-23)36(33,34)15-14-31-17-21-6-4-5-7-22(21)18-31/h1-13,24H,14-18H2. The van der Waals surface area contributed by atoms with Gasteiger partial charge < -0.3 is 4.42 Å². The van der Waals surface area contributed by atoms with E-state index in [4.69, 9.17) is 4.42 Å². The Hall–Kier alpha value is -3.63. The van der Waals surface area contributed by atoms with Crippen LogP contribution in [0.25, 0.3) is 11.5 Å². The Kier molecular flexibility index (Phi) is 6.80. The molecule has 1 aliphatic rings. The predicted octanol–water partition coefficient (Wildman–Crippen LogP) is 5.03. The van der Waals surface area contributed by atoms with Crippen LogP contribution in [0.3, 0.4) is 0 Å². The SMILES string of the molecule is O=S(=O)(CCN1Cc2ccccc2C1)N(Cc1ccc(-c2nnc(C(F)F)o2)cc1)c1ccccc1. The fraction of sp³-hybridized carbons (Fsp3) is 0.231. The van der Waals surface area contributed by atoms with E-state index in [0.29, 0.717) is 17.8 Å². The number of rotatable bonds is 9. The molecule has 5 rings (SSSR count). The molecule has 2 heterocycles. The minimum atomic E-state index is -3.65. The first kappa shape index (κ1) is 24.1. The monoisotopic (exact) mass is 510 g/mol. The van der Waals surface area contributed by atoms with Gasteiger partial charge in [-0.2, -0.15) is 8.78 Å². The lowest BCUT2D eigenvalue weighted by atomic mass is 10.1. The number of para-hydroxylation sites is 1. The average Bonchev–Trinajstić information content (AvgIpc) is 3.54. The van der Waals surface area contributed by atoms with Gasteiger partial charge in [-0.25, -0.2) is 8.42 Å². The van der Waals surface area contributed by atoms with E-state index >= 15 is 0 Å². The van der Waals surface area contributed by atoms with Crippen molar-refractivity contribution in [2.75, 3.05) is 16.6 Å². The summed E-state index contributed by atoms with van der Waals surface area (Å²) in [5.74, 6) is -0.778. The number of halogens is 2. The van der Waals surface area contributed by atoms with Crippen LogP contribution in [-0.2, 0) is 29.7 Å². The van der Waals surface area contributed by atoms with Crippen molar-refractivity contribution in [3.8, 4) is 11.5 Å². The molecule has 0 saturated carbocycles. The Morgan fingerprint density at radius 1 is 0.889 bits per heavy atom. The molecule has 186 valence electrons. The highest BCUT2D eigenvalue weighted by atomic mass is 32.2. The summed E-state index contributed by atoms with van der Waals surface area (Å²) >= 11 is 0. The van der Waals surface area contributed by atoms with Crippen molar-refractivity contribution in [3.05, 3.63) is 101 Å². The Bertz CT molecular complexity index is 1400. The second kappa shape index (κ2) is 10.2. The lowest BCUT2D eigenvalue weighted by molar-refractivity contribution is 0.116. The highest BCUT2D eigenvalue weighted by Gasteiger charge is 2.26. The molecular weight excluding hydrogens is 486 g/mol. The van der Waals surface area contributed by atoms with E-state index in [1.165, 1.54) is 15.4 Å². The molecule has 1 aromatic heterocycles. The van der Waals surface area contributed by atoms with Gasteiger partial charge in [0.25, 0.3) is 5.89 Å². The summed E-state index contributed by atoms with van der Waals surface area (Å²) < 4.78 is 58.9. The minimum Gasteiger partial charge on any atom is -0.415 e. The van der Waals surface area contributed by atoms with Crippen LogP contribution in [0.15, 0.2) is 83.3 Å². The third kappa shape index (κ3) is 5.29. The maximum atomic E-state index is 13.5. The number of sulfonamides is 1. The van der Waals surface area contributed by atoms with E-state index in [9.17, 15) is 17.2 Å². The number of aromatic nitrogens is 2. The molecule has 36 heavy (non-hydrogen) atoms. The number of hydrogen-bond acceptors (Lipinski definition) is 6. The summed E-state index contributed by atoms with van der Waals surface area (Å²) in [5, 5.41) is 7.00. The molecule has 0 amide bonds. The molecule has 0 N–H and O–H groups in total. The van der Waals surface area contributed by atoms with Gasteiger partial charge in [0, 0.05) is 25.2 Å². The van der Waals surface area contributed by atoms with Crippen LogP contribution in [0.2, 0.25) is 0 Å². The molecule has 0 bridgehead atoms. The van der Waals surface area contributed by atoms with Crippen molar-refractivity contribution in [2.45, 2.75) is 26.1 Å². The number of fused-ring (bicyclic) bond motifs is 1. The van der Waals surface area contributed by atoms with E-state index in [-0.39, 0.29) is 18.2 Å². The van der Waals surface area contributed by atoms with Gasteiger partial charge in [-0.1, -0.05) is 54.6 Å². The van der Waals surface area contributed by atoms with Crippen LogP contribution in [0.1, 0.15) is 29.0 Å². The number of hydrogen-bond donors (Lipinski definition) is 0. The molecule has 0 saturated heterocycles. The Morgan fingerprint density at radius 3 is 2.14 bits per heavy atom. The largest absolute Gasteiger partial charge is 0.415 e. The number of alkyl halides is 2. The Balaban J connectivity index is 1.32. The van der Waals surface area contributed by atoms with E-state index in [2.05, 4.69) is 27.2 Å². The molecule has 10 heteroatoms. The second-order valence-electron chi connectivity index (χ2n) is 8.58. The number of nitrogens with zero attached hydrogens (tertiary/aromatic N) is 4. The van der Waals surface area contributed by atoms with Gasteiger partial charge in [-0.3, -0.25) is 9.21 Å². The van der Waals surface area contributed by atoms with Gasteiger partial charge >= 0.3 is 6.43 Å². The van der Waals surface area contributed by atoms with Crippen LogP contribution in [-0.4, -0.2) is 35.8 Å². The highest BCUT2D eigenvalue weighted by molar-refractivity contribution is 7.92. The number of anilines is 1. The molecule has 4 aromatic rings. The zero-order valence-electron chi connectivity index (χ0n) is 19.3. The summed E-state index contributed by atoms with van der Waals surface area (Å²) in [5.41, 5.74) is 4.24. The highest BCUT2D eigenvalue weighted by Crippen LogP contribution is 2.26. The van der Waals surface area contributed by atoms with Crippen LogP contribution >= 0.6 is 0 Å². The quantitative estimate of drug-likeness (QED) is 0.314. The van der Waals surface area contributed by atoms with E-state index in [0.717, 1.165) is 18.7 Å². The van der Waals surface area contributed by atoms with Crippen molar-refractivity contribution in [2.24, 2.45) is 0 Å². The van der Waals surface area contributed by atoms with Crippen LogP contribution < -0.4 is 4.31 Å². The summed E-state index contributed by atoms with van der Waals surface area (Å²) in [6.45, 7) is 2.02. The zero-order chi connectivity index (χ0) is 25.1. The molecule has 7 nitrogen and oxygen atoms in total. The molecule has 0 radical (unpaired) electrons. The average molecular weight is 511 g/mol. The maximum absolute atomic E-state index is 13.5. The fourth-order valence-corrected chi connectivity index (χ4v) is 5.72. The second-order valence-corrected chi connectivity index (χ2v) is 10.6. The lowest BCUT2D eigenvalue weighted by Crippen LogP contribution is -2.36. The van der Waals surface area contributed by atoms with Gasteiger partial charge in [-0.15, -0.1) is 10.2 Å².